The third-order valence-corrected chi connectivity index (χ3v) is 7.36. The van der Waals surface area contributed by atoms with Crippen molar-refractivity contribution in [2.24, 2.45) is 0 Å². The molecule has 0 saturated heterocycles. The van der Waals surface area contributed by atoms with Gasteiger partial charge in [0.05, 0.1) is 13.2 Å². The smallest absolute Gasteiger partial charge is 0.331 e. The van der Waals surface area contributed by atoms with Crippen LogP contribution in [0.2, 0.25) is 0 Å². The molecule has 192 valence electrons. The normalized spacial score (nSPS) is 15.7. The number of carbonyl (C=O) groups is 1. The van der Waals surface area contributed by atoms with Crippen LogP contribution in [0.15, 0.2) is 48.5 Å². The molecule has 2 aliphatic heterocycles. The highest BCUT2D eigenvalue weighted by Crippen LogP contribution is 2.38. The summed E-state index contributed by atoms with van der Waals surface area (Å²) in [6.07, 6.45) is 4.81. The van der Waals surface area contributed by atoms with Crippen LogP contribution in [0, 0.1) is 6.92 Å². The maximum Gasteiger partial charge on any atom is 0.331 e. The Morgan fingerprint density at radius 1 is 1.00 bits per heavy atom. The number of aliphatic hydroxyl groups is 1. The number of nitrogens with zero attached hydrogens (tertiary/aromatic N) is 1. The molecule has 0 spiro atoms. The minimum Gasteiger partial charge on any atom is -0.492 e. The van der Waals surface area contributed by atoms with Crippen LogP contribution in [0.3, 0.4) is 0 Å². The molecule has 7 heteroatoms. The molecular formula is C30H31NO6. The Bertz CT molecular complexity index is 1380. The van der Waals surface area contributed by atoms with Crippen LogP contribution in [0.1, 0.15) is 29.2 Å². The summed E-state index contributed by atoms with van der Waals surface area (Å²) in [5.41, 5.74) is 5.51. The summed E-state index contributed by atoms with van der Waals surface area (Å²) in [5.74, 6) is 1.25. The van der Waals surface area contributed by atoms with Gasteiger partial charge < -0.3 is 29.3 Å². The molecule has 3 aromatic rings. The number of rotatable bonds is 7. The Balaban J connectivity index is 1.50. The van der Waals surface area contributed by atoms with Gasteiger partial charge in [-0.15, -0.1) is 0 Å². The fraction of sp³-hybridized carbons (Fsp3) is 0.300. The monoisotopic (exact) mass is 501 g/mol. The van der Waals surface area contributed by atoms with E-state index in [1.807, 2.05) is 42.5 Å². The first-order chi connectivity index (χ1) is 17.8. The Morgan fingerprint density at radius 2 is 1.76 bits per heavy atom. The lowest BCUT2D eigenvalue weighted by Crippen LogP contribution is -2.53. The topological polar surface area (TPSA) is 88.5 Å². The Morgan fingerprint density at radius 3 is 2.51 bits per heavy atom. The van der Waals surface area contributed by atoms with Gasteiger partial charge in [0.2, 0.25) is 0 Å². The summed E-state index contributed by atoms with van der Waals surface area (Å²) in [5, 5.41) is 19.6. The highest BCUT2D eigenvalue weighted by Gasteiger charge is 2.38. The lowest BCUT2D eigenvalue weighted by Gasteiger charge is -2.35. The van der Waals surface area contributed by atoms with Crippen molar-refractivity contribution in [3.63, 3.8) is 0 Å². The van der Waals surface area contributed by atoms with E-state index in [9.17, 15) is 15.0 Å². The van der Waals surface area contributed by atoms with E-state index < -0.39 is 18.1 Å². The molecule has 3 aromatic carbocycles. The Hall–Kier alpha value is -3.97. The number of carboxylic acid groups (broad SMARTS) is 1. The first-order valence-corrected chi connectivity index (χ1v) is 12.4. The first-order valence-electron chi connectivity index (χ1n) is 12.4. The molecule has 1 unspecified atom stereocenters. The van der Waals surface area contributed by atoms with Crippen molar-refractivity contribution in [2.75, 3.05) is 38.4 Å². The van der Waals surface area contributed by atoms with E-state index in [0.29, 0.717) is 25.5 Å². The van der Waals surface area contributed by atoms with Gasteiger partial charge in [-0.05, 0) is 60.4 Å². The highest BCUT2D eigenvalue weighted by molar-refractivity contribution is 5.85. The number of anilines is 1. The van der Waals surface area contributed by atoms with Crippen molar-refractivity contribution in [1.29, 1.82) is 0 Å². The van der Waals surface area contributed by atoms with E-state index in [1.165, 1.54) is 6.92 Å². The minimum absolute atomic E-state index is 0.510. The van der Waals surface area contributed by atoms with Gasteiger partial charge in [-0.2, -0.15) is 0 Å². The molecule has 2 aliphatic rings. The molecule has 0 amide bonds. The number of aliphatic hydroxyl groups excluding tert-OH is 1. The zero-order valence-corrected chi connectivity index (χ0v) is 21.3. The zero-order valence-electron chi connectivity index (χ0n) is 21.3. The quantitative estimate of drug-likeness (QED) is 0.449. The van der Waals surface area contributed by atoms with Crippen LogP contribution < -0.4 is 19.1 Å². The van der Waals surface area contributed by atoms with Gasteiger partial charge >= 0.3 is 5.97 Å². The summed E-state index contributed by atoms with van der Waals surface area (Å²) in [6, 6.07) is 16.1. The predicted molar refractivity (Wildman–Crippen MR) is 144 cm³/mol. The van der Waals surface area contributed by atoms with Crippen molar-refractivity contribution in [3.8, 4) is 28.4 Å². The molecule has 0 bridgehead atoms. The van der Waals surface area contributed by atoms with Crippen LogP contribution >= 0.6 is 0 Å². The second-order valence-electron chi connectivity index (χ2n) is 9.63. The Kier molecular flexibility index (Phi) is 6.56. The van der Waals surface area contributed by atoms with Gasteiger partial charge in [0.1, 0.15) is 19.0 Å². The van der Waals surface area contributed by atoms with Crippen molar-refractivity contribution in [2.45, 2.75) is 25.8 Å². The number of benzene rings is 3. The molecular weight excluding hydrogens is 470 g/mol. The van der Waals surface area contributed by atoms with Gasteiger partial charge in [-0.3, -0.25) is 0 Å². The molecule has 0 aromatic heterocycles. The summed E-state index contributed by atoms with van der Waals surface area (Å²) in [4.78, 5) is 13.5. The fourth-order valence-electron chi connectivity index (χ4n) is 4.78. The fourth-order valence-corrected chi connectivity index (χ4v) is 4.78. The summed E-state index contributed by atoms with van der Waals surface area (Å²) in [7, 11) is 1.69. The molecule has 2 N–H and O–H groups in total. The second kappa shape index (κ2) is 9.82. The number of fused-ring (bicyclic) bond motifs is 2. The number of likely N-dealkylation sites (N-methyl/N-ethyl adjacent to an activating group) is 1. The highest BCUT2D eigenvalue weighted by atomic mass is 16.6. The molecule has 0 fully saturated rings. The molecule has 0 saturated carbocycles. The molecule has 2 heterocycles. The molecule has 37 heavy (non-hydrogen) atoms. The third kappa shape index (κ3) is 4.51. The second-order valence-corrected chi connectivity index (χ2v) is 9.63. The zero-order chi connectivity index (χ0) is 26.2. The maximum atomic E-state index is 11.9. The van der Waals surface area contributed by atoms with Gasteiger partial charge in [0.25, 0.3) is 0 Å². The number of hydrogen-bond donors (Lipinski definition) is 2. The van der Waals surface area contributed by atoms with E-state index in [0.717, 1.165) is 57.1 Å². The van der Waals surface area contributed by atoms with Crippen LogP contribution in [-0.4, -0.2) is 55.2 Å². The third-order valence-electron chi connectivity index (χ3n) is 7.36. The van der Waals surface area contributed by atoms with E-state index in [2.05, 4.69) is 25.1 Å². The SMILES string of the molecule is Cc1c(/C=C/c2cc(N(C)C(C)(CO)C(=O)O)cc3c2OCC3)cccc1-c1ccc2c(c1)OCCO2. The summed E-state index contributed by atoms with van der Waals surface area (Å²) >= 11 is 0. The van der Waals surface area contributed by atoms with Crippen LogP contribution in [0.5, 0.6) is 17.2 Å². The van der Waals surface area contributed by atoms with Crippen LogP contribution in [0.4, 0.5) is 5.69 Å². The lowest BCUT2D eigenvalue weighted by atomic mass is 9.95. The molecule has 0 aliphatic carbocycles. The number of ether oxygens (including phenoxy) is 3. The number of carboxylic acids is 1. The van der Waals surface area contributed by atoms with Crippen LogP contribution in [-0.2, 0) is 11.2 Å². The van der Waals surface area contributed by atoms with Gasteiger partial charge in [0, 0.05) is 30.3 Å². The lowest BCUT2D eigenvalue weighted by molar-refractivity contribution is -0.144. The number of hydrogen-bond acceptors (Lipinski definition) is 6. The first kappa shape index (κ1) is 24.7. The van der Waals surface area contributed by atoms with E-state index in [-0.39, 0.29) is 0 Å². The van der Waals surface area contributed by atoms with Crippen LogP contribution in [0.25, 0.3) is 23.3 Å². The van der Waals surface area contributed by atoms with Gasteiger partial charge in [0.15, 0.2) is 17.0 Å². The van der Waals surface area contributed by atoms with E-state index in [4.69, 9.17) is 14.2 Å². The standard InChI is InChI=1S/C30H31NO6/c1-19-20(5-4-6-25(19)21-9-10-26-27(17-21)36-14-13-35-26)7-8-22-15-24(16-23-11-12-37-28(22)23)31(3)30(2,18-32)29(33)34/h4-10,15-17,32H,11-14,18H2,1-3H3,(H,33,34)/b8-7+. The van der Waals surface area contributed by atoms with Crippen molar-refractivity contribution in [3.05, 3.63) is 70.8 Å². The number of aliphatic carboxylic acids is 1. The predicted octanol–water partition coefficient (Wildman–Crippen LogP) is 4.81. The van der Waals surface area contributed by atoms with E-state index >= 15 is 0 Å². The summed E-state index contributed by atoms with van der Waals surface area (Å²) < 4.78 is 17.4. The van der Waals surface area contributed by atoms with Gasteiger partial charge in [-0.25, -0.2) is 4.79 Å². The summed E-state index contributed by atoms with van der Waals surface area (Å²) in [6.45, 7) is 4.79. The van der Waals surface area contributed by atoms with Crippen molar-refractivity contribution in [1.82, 2.24) is 0 Å². The molecule has 0 radical (unpaired) electrons. The largest absolute Gasteiger partial charge is 0.492 e. The maximum absolute atomic E-state index is 11.9. The van der Waals surface area contributed by atoms with Crippen molar-refractivity contribution >= 4 is 23.8 Å². The average molecular weight is 502 g/mol. The molecule has 1 atom stereocenters. The van der Waals surface area contributed by atoms with Gasteiger partial charge in [-0.1, -0.05) is 36.4 Å². The Labute approximate surface area is 216 Å². The molecule has 7 nitrogen and oxygen atoms in total. The van der Waals surface area contributed by atoms with Crippen molar-refractivity contribution < 1.29 is 29.2 Å². The minimum atomic E-state index is -1.44. The van der Waals surface area contributed by atoms with E-state index in [1.54, 1.807) is 11.9 Å². The molecule has 5 rings (SSSR count). The average Bonchev–Trinajstić information content (AvgIpc) is 3.40.